The molecular formula is C16H24O2. The van der Waals surface area contributed by atoms with Crippen molar-refractivity contribution < 1.29 is 9.90 Å². The first-order chi connectivity index (χ1) is 8.58. The van der Waals surface area contributed by atoms with Crippen LogP contribution in [0, 0.1) is 5.41 Å². The number of rotatable bonds is 8. The molecule has 0 saturated heterocycles. The van der Waals surface area contributed by atoms with Crippen LogP contribution in [0.5, 0.6) is 0 Å². The van der Waals surface area contributed by atoms with E-state index in [9.17, 15) is 9.90 Å². The van der Waals surface area contributed by atoms with Crippen LogP contribution in [0.2, 0.25) is 0 Å². The maximum Gasteiger partial charge on any atom is 0.309 e. The molecule has 0 amide bonds. The van der Waals surface area contributed by atoms with Crippen LogP contribution in [0.3, 0.4) is 0 Å². The van der Waals surface area contributed by atoms with E-state index in [0.29, 0.717) is 6.42 Å². The van der Waals surface area contributed by atoms with Gasteiger partial charge in [0.05, 0.1) is 5.41 Å². The topological polar surface area (TPSA) is 37.3 Å². The number of carboxylic acid groups (broad SMARTS) is 1. The highest BCUT2D eigenvalue weighted by Crippen LogP contribution is 2.29. The SMILES string of the molecule is CCCCCCC(C)(Cc1ccccc1)C(=O)O. The predicted octanol–water partition coefficient (Wildman–Crippen LogP) is 4.29. The maximum atomic E-state index is 11.5. The van der Waals surface area contributed by atoms with E-state index in [0.717, 1.165) is 24.8 Å². The van der Waals surface area contributed by atoms with Crippen molar-refractivity contribution >= 4 is 5.97 Å². The van der Waals surface area contributed by atoms with E-state index < -0.39 is 11.4 Å². The lowest BCUT2D eigenvalue weighted by Gasteiger charge is -2.25. The molecule has 1 unspecified atom stereocenters. The molecule has 1 aromatic rings. The molecule has 0 aliphatic rings. The molecule has 1 atom stereocenters. The normalized spacial score (nSPS) is 14.1. The van der Waals surface area contributed by atoms with Gasteiger partial charge in [-0.2, -0.15) is 0 Å². The van der Waals surface area contributed by atoms with E-state index in [1.165, 1.54) is 12.8 Å². The molecule has 0 radical (unpaired) electrons. The molecule has 0 aromatic heterocycles. The van der Waals surface area contributed by atoms with E-state index in [4.69, 9.17) is 0 Å². The second-order valence-corrected chi connectivity index (χ2v) is 5.34. The molecule has 0 heterocycles. The molecule has 0 aliphatic carbocycles. The Kier molecular flexibility index (Phi) is 5.90. The lowest BCUT2D eigenvalue weighted by Crippen LogP contribution is -2.30. The number of hydrogen-bond acceptors (Lipinski definition) is 1. The van der Waals surface area contributed by atoms with Gasteiger partial charge < -0.3 is 5.11 Å². The second-order valence-electron chi connectivity index (χ2n) is 5.34. The van der Waals surface area contributed by atoms with Crippen molar-refractivity contribution in [2.24, 2.45) is 5.41 Å². The predicted molar refractivity (Wildman–Crippen MR) is 74.6 cm³/mol. The Morgan fingerprint density at radius 3 is 2.39 bits per heavy atom. The minimum atomic E-state index is -0.678. The number of hydrogen-bond donors (Lipinski definition) is 1. The van der Waals surface area contributed by atoms with Gasteiger partial charge in [0.2, 0.25) is 0 Å². The van der Waals surface area contributed by atoms with Crippen LogP contribution in [-0.4, -0.2) is 11.1 Å². The Balaban J connectivity index is 2.60. The van der Waals surface area contributed by atoms with Crippen molar-refractivity contribution in [1.82, 2.24) is 0 Å². The van der Waals surface area contributed by atoms with Gasteiger partial charge >= 0.3 is 5.97 Å². The van der Waals surface area contributed by atoms with Crippen molar-refractivity contribution in [2.45, 2.75) is 52.4 Å². The van der Waals surface area contributed by atoms with Crippen molar-refractivity contribution in [3.63, 3.8) is 0 Å². The molecule has 0 fully saturated rings. The van der Waals surface area contributed by atoms with Gasteiger partial charge in [-0.25, -0.2) is 0 Å². The average molecular weight is 248 g/mol. The maximum absolute atomic E-state index is 11.5. The van der Waals surface area contributed by atoms with Crippen molar-refractivity contribution in [2.75, 3.05) is 0 Å². The summed E-state index contributed by atoms with van der Waals surface area (Å²) in [6, 6.07) is 9.91. The molecule has 100 valence electrons. The van der Waals surface area contributed by atoms with Crippen molar-refractivity contribution in [1.29, 1.82) is 0 Å². The molecule has 0 saturated carbocycles. The molecule has 1 rings (SSSR count). The number of benzene rings is 1. The molecule has 18 heavy (non-hydrogen) atoms. The highest BCUT2D eigenvalue weighted by Gasteiger charge is 2.32. The quantitative estimate of drug-likeness (QED) is 0.697. The molecular weight excluding hydrogens is 224 g/mol. The van der Waals surface area contributed by atoms with Gasteiger partial charge in [0.1, 0.15) is 0 Å². The Labute approximate surface area is 110 Å². The van der Waals surface area contributed by atoms with Crippen LogP contribution in [0.4, 0.5) is 0 Å². The summed E-state index contributed by atoms with van der Waals surface area (Å²) < 4.78 is 0. The molecule has 2 nitrogen and oxygen atoms in total. The van der Waals surface area contributed by atoms with Crippen molar-refractivity contribution in [3.05, 3.63) is 35.9 Å². The lowest BCUT2D eigenvalue weighted by molar-refractivity contribution is -0.148. The lowest BCUT2D eigenvalue weighted by atomic mass is 9.79. The van der Waals surface area contributed by atoms with Crippen LogP contribution >= 0.6 is 0 Å². The van der Waals surface area contributed by atoms with Gasteiger partial charge in [0, 0.05) is 0 Å². The minimum absolute atomic E-state index is 0.620. The number of aliphatic carboxylic acids is 1. The monoisotopic (exact) mass is 248 g/mol. The Hall–Kier alpha value is -1.31. The van der Waals surface area contributed by atoms with Gasteiger partial charge in [-0.15, -0.1) is 0 Å². The number of unbranched alkanes of at least 4 members (excludes halogenated alkanes) is 3. The summed E-state index contributed by atoms with van der Waals surface area (Å²) in [5, 5.41) is 9.45. The molecule has 0 bridgehead atoms. The third kappa shape index (κ3) is 4.52. The van der Waals surface area contributed by atoms with Crippen molar-refractivity contribution in [3.8, 4) is 0 Å². The largest absolute Gasteiger partial charge is 0.481 e. The summed E-state index contributed by atoms with van der Waals surface area (Å²) in [6.45, 7) is 4.04. The Morgan fingerprint density at radius 2 is 1.83 bits per heavy atom. The summed E-state index contributed by atoms with van der Waals surface area (Å²) in [5.41, 5.74) is 0.479. The van der Waals surface area contributed by atoms with E-state index >= 15 is 0 Å². The third-order valence-electron chi connectivity index (χ3n) is 3.54. The van der Waals surface area contributed by atoms with Crippen LogP contribution in [0.15, 0.2) is 30.3 Å². The zero-order valence-corrected chi connectivity index (χ0v) is 11.5. The number of carboxylic acids is 1. The standard InChI is InChI=1S/C16H24O2/c1-3-4-5-9-12-16(2,15(17)18)13-14-10-7-6-8-11-14/h6-8,10-11H,3-5,9,12-13H2,1-2H3,(H,17,18). The summed E-state index contributed by atoms with van der Waals surface area (Å²) >= 11 is 0. The highest BCUT2D eigenvalue weighted by molar-refractivity contribution is 5.74. The average Bonchev–Trinajstić information content (AvgIpc) is 2.36. The smallest absolute Gasteiger partial charge is 0.309 e. The summed E-state index contributed by atoms with van der Waals surface area (Å²) in [4.78, 5) is 11.5. The van der Waals surface area contributed by atoms with Gasteiger partial charge in [-0.3, -0.25) is 4.79 Å². The second kappa shape index (κ2) is 7.20. The van der Waals surface area contributed by atoms with Gasteiger partial charge in [-0.1, -0.05) is 62.9 Å². The molecule has 2 heteroatoms. The van der Waals surface area contributed by atoms with Crippen LogP contribution in [0.25, 0.3) is 0 Å². The van der Waals surface area contributed by atoms with Crippen LogP contribution in [0.1, 0.15) is 51.5 Å². The van der Waals surface area contributed by atoms with E-state index in [-0.39, 0.29) is 0 Å². The van der Waals surface area contributed by atoms with Gasteiger partial charge in [0.25, 0.3) is 0 Å². The van der Waals surface area contributed by atoms with E-state index in [2.05, 4.69) is 6.92 Å². The number of carbonyl (C=O) groups is 1. The first-order valence-corrected chi connectivity index (χ1v) is 6.86. The first-order valence-electron chi connectivity index (χ1n) is 6.86. The molecule has 0 aliphatic heterocycles. The van der Waals surface area contributed by atoms with E-state index in [1.54, 1.807) is 0 Å². The molecule has 1 aromatic carbocycles. The van der Waals surface area contributed by atoms with Crippen LogP contribution in [-0.2, 0) is 11.2 Å². The van der Waals surface area contributed by atoms with Gasteiger partial charge in [-0.05, 0) is 25.3 Å². The fraction of sp³-hybridized carbons (Fsp3) is 0.562. The first kappa shape index (κ1) is 14.7. The third-order valence-corrected chi connectivity index (χ3v) is 3.54. The fourth-order valence-electron chi connectivity index (χ4n) is 2.26. The summed E-state index contributed by atoms with van der Waals surface area (Å²) in [7, 11) is 0. The molecule has 1 N–H and O–H groups in total. The zero-order valence-electron chi connectivity index (χ0n) is 11.5. The zero-order chi connectivity index (χ0) is 13.4. The Bertz CT molecular complexity index is 359. The minimum Gasteiger partial charge on any atom is -0.481 e. The highest BCUT2D eigenvalue weighted by atomic mass is 16.4. The molecule has 0 spiro atoms. The Morgan fingerprint density at radius 1 is 1.17 bits per heavy atom. The van der Waals surface area contributed by atoms with Gasteiger partial charge in [0.15, 0.2) is 0 Å². The van der Waals surface area contributed by atoms with Crippen LogP contribution < -0.4 is 0 Å². The fourth-order valence-corrected chi connectivity index (χ4v) is 2.26. The summed E-state index contributed by atoms with van der Waals surface area (Å²) in [5.74, 6) is -0.678. The van der Waals surface area contributed by atoms with E-state index in [1.807, 2.05) is 37.3 Å². The summed E-state index contributed by atoms with van der Waals surface area (Å²) in [6.07, 6.45) is 5.90.